The molecule has 0 spiro atoms. The number of carbonyl (C=O) groups is 1. The van der Waals surface area contributed by atoms with Crippen LogP contribution in [-0.4, -0.2) is 100 Å². The number of halogens is 5. The molecule has 21 heteroatoms. The second-order valence-corrected chi connectivity index (χ2v) is 18.3. The summed E-state index contributed by atoms with van der Waals surface area (Å²) in [5.74, 6) is -3.60. The Morgan fingerprint density at radius 2 is 1.17 bits per heavy atom. The van der Waals surface area contributed by atoms with Crippen LogP contribution in [0.2, 0.25) is 0 Å². The molecule has 320 valence electrons. The van der Waals surface area contributed by atoms with Crippen molar-refractivity contribution in [1.29, 1.82) is 0 Å². The third kappa shape index (κ3) is 10.4. The highest BCUT2D eigenvalue weighted by atomic mass is 35.5. The van der Waals surface area contributed by atoms with Crippen molar-refractivity contribution in [1.82, 2.24) is 36.7 Å². The molecule has 0 radical (unpaired) electrons. The van der Waals surface area contributed by atoms with E-state index in [2.05, 4.69) is 15.3 Å². The van der Waals surface area contributed by atoms with Crippen LogP contribution < -0.4 is 5.32 Å². The molecule has 0 aliphatic carbocycles. The minimum Gasteiger partial charge on any atom is -0.444 e. The highest BCUT2D eigenvalue weighted by Gasteiger charge is 2.34. The van der Waals surface area contributed by atoms with E-state index in [-0.39, 0.29) is 53.4 Å². The second-order valence-electron chi connectivity index (χ2n) is 14.7. The van der Waals surface area contributed by atoms with Crippen molar-refractivity contribution in [3.63, 3.8) is 0 Å². The number of pyridine rings is 2. The zero-order valence-corrected chi connectivity index (χ0v) is 35.4. The highest BCUT2D eigenvalue weighted by Crippen LogP contribution is 2.33. The van der Waals surface area contributed by atoms with Gasteiger partial charge in [-0.05, 0) is 77.8 Å². The van der Waals surface area contributed by atoms with Gasteiger partial charge in [0.1, 0.15) is 17.0 Å². The first-order valence-corrected chi connectivity index (χ1v) is 21.3. The van der Waals surface area contributed by atoms with Gasteiger partial charge in [0.05, 0.1) is 17.7 Å². The normalized spacial score (nSPS) is 15.6. The summed E-state index contributed by atoms with van der Waals surface area (Å²) >= 11 is 0. The number of ether oxygens (including phenoxy) is 1. The molecule has 2 saturated heterocycles. The van der Waals surface area contributed by atoms with Crippen molar-refractivity contribution in [2.45, 2.75) is 78.0 Å². The van der Waals surface area contributed by atoms with Gasteiger partial charge in [-0.1, -0.05) is 12.8 Å². The maximum atomic E-state index is 15.5. The van der Waals surface area contributed by atoms with Crippen molar-refractivity contribution in [3.05, 3.63) is 83.7 Å². The van der Waals surface area contributed by atoms with Crippen LogP contribution in [0.3, 0.4) is 0 Å². The third-order valence-corrected chi connectivity index (χ3v) is 12.9. The summed E-state index contributed by atoms with van der Waals surface area (Å²) in [4.78, 5) is 20.5. The van der Waals surface area contributed by atoms with Gasteiger partial charge in [0.25, 0.3) is 0 Å². The van der Waals surface area contributed by atoms with E-state index in [0.717, 1.165) is 44.7 Å². The van der Waals surface area contributed by atoms with E-state index in [4.69, 9.17) is 4.74 Å². The van der Waals surface area contributed by atoms with E-state index in [1.165, 1.54) is 58.5 Å². The van der Waals surface area contributed by atoms with Crippen LogP contribution in [0.25, 0.3) is 22.5 Å². The fourth-order valence-electron chi connectivity index (χ4n) is 6.51. The zero-order valence-electron chi connectivity index (χ0n) is 32.9. The SMILES string of the molecule is CN(Cc1cn(S(=O)(=O)N2CCCCC2)c(-c2cccnc2F)c1F)C(=O)OC(C)(C)C.CNCc1cn(S(=O)(=O)N2CCCCC2)c(-c2cccnc2F)c1F.Cl. The molecular weight excluding hydrogens is 828 g/mol. The van der Waals surface area contributed by atoms with Gasteiger partial charge in [0, 0.05) is 75.7 Å². The number of carbonyl (C=O) groups excluding carboxylic acids is 1. The summed E-state index contributed by atoms with van der Waals surface area (Å²) in [6.45, 7) is 6.30. The van der Waals surface area contributed by atoms with Crippen LogP contribution in [0.4, 0.5) is 22.4 Å². The van der Waals surface area contributed by atoms with Gasteiger partial charge in [-0.3, -0.25) is 0 Å². The van der Waals surface area contributed by atoms with Crippen LogP contribution >= 0.6 is 12.4 Å². The number of piperidine rings is 2. The molecule has 0 aromatic carbocycles. The number of rotatable bonds is 10. The first-order chi connectivity index (χ1) is 26.9. The summed E-state index contributed by atoms with van der Waals surface area (Å²) in [5.41, 5.74) is -1.91. The Balaban J connectivity index is 0.000000259. The van der Waals surface area contributed by atoms with Gasteiger partial charge in [0.15, 0.2) is 11.6 Å². The first kappa shape index (κ1) is 46.6. The molecule has 0 unspecified atom stereocenters. The molecule has 0 saturated carbocycles. The van der Waals surface area contributed by atoms with Gasteiger partial charge in [0.2, 0.25) is 11.9 Å². The average Bonchev–Trinajstić information content (AvgIpc) is 3.68. The zero-order chi connectivity index (χ0) is 41.7. The van der Waals surface area contributed by atoms with Crippen LogP contribution in [0, 0.1) is 23.5 Å². The Morgan fingerprint density at radius 1 is 0.759 bits per heavy atom. The smallest absolute Gasteiger partial charge is 0.410 e. The Bertz CT molecular complexity index is 2270. The van der Waals surface area contributed by atoms with Gasteiger partial charge in [-0.15, -0.1) is 12.4 Å². The molecule has 0 bridgehead atoms. The van der Waals surface area contributed by atoms with E-state index >= 15 is 4.39 Å². The molecule has 2 fully saturated rings. The van der Waals surface area contributed by atoms with Crippen molar-refractivity contribution in [2.75, 3.05) is 40.3 Å². The summed E-state index contributed by atoms with van der Waals surface area (Å²) in [6, 6.07) is 5.44. The van der Waals surface area contributed by atoms with Crippen molar-refractivity contribution in [2.24, 2.45) is 0 Å². The fraction of sp³-hybridized carbons (Fsp3) is 0.486. The molecule has 4 aromatic rings. The van der Waals surface area contributed by atoms with Crippen LogP contribution in [0.15, 0.2) is 49.1 Å². The molecule has 0 atom stereocenters. The Hall–Kier alpha value is -4.08. The first-order valence-electron chi connectivity index (χ1n) is 18.5. The van der Waals surface area contributed by atoms with Crippen molar-refractivity contribution >= 4 is 38.9 Å². The molecule has 4 aromatic heterocycles. The number of nitrogens with zero attached hydrogens (tertiary/aromatic N) is 7. The number of hydrogen-bond acceptors (Lipinski definition) is 9. The third-order valence-electron chi connectivity index (χ3n) is 9.25. The predicted octanol–water partition coefficient (Wildman–Crippen LogP) is 6.32. The lowest BCUT2D eigenvalue weighted by Gasteiger charge is -2.27. The molecule has 2 aliphatic rings. The van der Waals surface area contributed by atoms with Crippen LogP contribution in [0.5, 0.6) is 0 Å². The number of hydrogen-bond donors (Lipinski definition) is 1. The summed E-state index contributed by atoms with van der Waals surface area (Å²) in [7, 11) is -5.12. The van der Waals surface area contributed by atoms with Crippen molar-refractivity contribution in [3.8, 4) is 22.5 Å². The largest absolute Gasteiger partial charge is 0.444 e. The van der Waals surface area contributed by atoms with E-state index in [0.29, 0.717) is 39.0 Å². The molecule has 2 aliphatic heterocycles. The van der Waals surface area contributed by atoms with E-state index < -0.39 is 61.3 Å². The average molecular weight is 877 g/mol. The number of nitrogens with one attached hydrogen (secondary N) is 1. The van der Waals surface area contributed by atoms with Crippen LogP contribution in [-0.2, 0) is 38.2 Å². The van der Waals surface area contributed by atoms with Gasteiger partial charge in [-0.25, -0.2) is 31.5 Å². The maximum absolute atomic E-state index is 15.5. The molecule has 58 heavy (non-hydrogen) atoms. The lowest BCUT2D eigenvalue weighted by molar-refractivity contribution is 0.0284. The molecule has 6 rings (SSSR count). The number of amides is 1. The molecular formula is C37H49ClF4N8O6S2. The lowest BCUT2D eigenvalue weighted by atomic mass is 10.1. The topological polar surface area (TPSA) is 152 Å². The Labute approximate surface area is 343 Å². The van der Waals surface area contributed by atoms with Gasteiger partial charge >= 0.3 is 26.5 Å². The molecule has 1 N–H and O–H groups in total. The van der Waals surface area contributed by atoms with E-state index in [9.17, 15) is 34.8 Å². The predicted molar refractivity (Wildman–Crippen MR) is 212 cm³/mol. The van der Waals surface area contributed by atoms with Gasteiger partial charge in [-0.2, -0.15) is 34.2 Å². The van der Waals surface area contributed by atoms with Gasteiger partial charge < -0.3 is 15.0 Å². The van der Waals surface area contributed by atoms with Crippen molar-refractivity contribution < 1.29 is 43.9 Å². The quantitative estimate of drug-likeness (QED) is 0.143. The van der Waals surface area contributed by atoms with E-state index in [1.54, 1.807) is 27.8 Å². The summed E-state index contributed by atoms with van der Waals surface area (Å²) in [5, 5.41) is 2.79. The lowest BCUT2D eigenvalue weighted by Crippen LogP contribution is -2.39. The van der Waals surface area contributed by atoms with E-state index in [1.807, 2.05) is 0 Å². The molecule has 6 heterocycles. The minimum atomic E-state index is -4.16. The Kier molecular flexibility index (Phi) is 15.5. The standard InChI is InChI=1S/C21H28F2N4O4S.C16H20F2N4O2S.ClH/c1-21(2,3)31-20(28)25(4)13-15-14-27(32(29,30)26-11-6-5-7-12-26)18(17(15)22)16-9-8-10-24-19(16)23;1-19-10-12-11-22(25(23,24)21-8-3-2-4-9-21)15(14(12)17)13-6-5-7-20-16(13)18;/h8-10,14H,5-7,11-13H2,1-4H3;5-7,11,19H,2-4,8-10H2,1H3;1H. The fourth-order valence-corrected chi connectivity index (χ4v) is 9.79. The molecule has 14 nitrogen and oxygen atoms in total. The summed E-state index contributed by atoms with van der Waals surface area (Å²) < 4.78 is 121. The monoisotopic (exact) mass is 876 g/mol. The second kappa shape index (κ2) is 19.3. The highest BCUT2D eigenvalue weighted by molar-refractivity contribution is 7.88. The minimum absolute atomic E-state index is 0. The Morgan fingerprint density at radius 3 is 1.57 bits per heavy atom. The maximum Gasteiger partial charge on any atom is 0.410 e. The molecule has 1 amide bonds. The van der Waals surface area contributed by atoms with Crippen LogP contribution in [0.1, 0.15) is 70.4 Å². The summed E-state index contributed by atoms with van der Waals surface area (Å²) in [6.07, 6.45) is 8.80. The number of aromatic nitrogens is 4.